The molecule has 3 aromatic rings. The quantitative estimate of drug-likeness (QED) is 0.664. The monoisotopic (exact) mass is 389 g/mol. The Kier molecular flexibility index (Phi) is 5.71. The molecule has 0 fully saturated rings. The lowest BCUT2D eigenvalue weighted by Crippen LogP contribution is -2.17. The van der Waals surface area contributed by atoms with Gasteiger partial charge in [0.15, 0.2) is 5.82 Å². The number of hydrogen-bond donors (Lipinski definition) is 1. The normalized spacial score (nSPS) is 12.3. The van der Waals surface area contributed by atoms with Gasteiger partial charge in [-0.2, -0.15) is 10.1 Å². The maximum absolute atomic E-state index is 12.9. The summed E-state index contributed by atoms with van der Waals surface area (Å²) in [6, 6.07) is 1.99. The minimum absolute atomic E-state index is 0.196. The summed E-state index contributed by atoms with van der Waals surface area (Å²) < 4.78 is 12.3. The first-order valence-corrected chi connectivity index (χ1v) is 9.49. The number of hydrogen-bond acceptors (Lipinski definition) is 7. The van der Waals surface area contributed by atoms with Crippen LogP contribution in [0.15, 0.2) is 12.3 Å². The van der Waals surface area contributed by atoms with Crippen LogP contribution in [0, 0.1) is 6.92 Å². The van der Waals surface area contributed by atoms with E-state index in [1.807, 2.05) is 11.6 Å². The zero-order chi connectivity index (χ0) is 19.6. The van der Waals surface area contributed by atoms with Gasteiger partial charge in [0, 0.05) is 13.2 Å². The van der Waals surface area contributed by atoms with Gasteiger partial charge in [0.1, 0.15) is 17.3 Å². The Morgan fingerprint density at radius 3 is 2.81 bits per heavy atom. The number of carbonyl (C=O) groups excluding carboxylic acids is 1. The molecule has 144 valence electrons. The van der Waals surface area contributed by atoms with Gasteiger partial charge in [-0.1, -0.05) is 6.92 Å². The van der Waals surface area contributed by atoms with Gasteiger partial charge in [0.05, 0.1) is 29.6 Å². The van der Waals surface area contributed by atoms with Crippen LogP contribution in [0.5, 0.6) is 5.88 Å². The number of thiophene rings is 1. The number of fused-ring (bicyclic) bond motifs is 1. The Balaban J connectivity index is 1.98. The zero-order valence-electron chi connectivity index (χ0n) is 16.1. The van der Waals surface area contributed by atoms with Gasteiger partial charge in [0.2, 0.25) is 5.88 Å². The van der Waals surface area contributed by atoms with Gasteiger partial charge in [0.25, 0.3) is 5.91 Å². The van der Waals surface area contributed by atoms with Crippen molar-refractivity contribution in [2.45, 2.75) is 39.8 Å². The maximum atomic E-state index is 12.9. The molecule has 8 nitrogen and oxygen atoms in total. The first-order valence-electron chi connectivity index (χ1n) is 8.67. The van der Waals surface area contributed by atoms with Crippen molar-refractivity contribution in [3.63, 3.8) is 0 Å². The van der Waals surface area contributed by atoms with E-state index in [1.54, 1.807) is 26.5 Å². The lowest BCUT2D eigenvalue weighted by atomic mass is 10.2. The highest BCUT2D eigenvalue weighted by Gasteiger charge is 2.22. The average Bonchev–Trinajstić information content (AvgIpc) is 3.25. The number of carbonyl (C=O) groups is 1. The fourth-order valence-electron chi connectivity index (χ4n) is 2.81. The highest BCUT2D eigenvalue weighted by Crippen LogP contribution is 2.35. The van der Waals surface area contributed by atoms with Crippen LogP contribution in [0.1, 0.15) is 47.4 Å². The largest absolute Gasteiger partial charge is 0.480 e. The van der Waals surface area contributed by atoms with E-state index in [9.17, 15) is 4.79 Å². The number of aryl methyl sites for hydroxylation is 1. The molecule has 0 bridgehead atoms. The van der Waals surface area contributed by atoms with Crippen molar-refractivity contribution in [2.75, 3.05) is 19.5 Å². The number of amides is 1. The third kappa shape index (κ3) is 3.65. The van der Waals surface area contributed by atoms with Crippen LogP contribution in [0.2, 0.25) is 0 Å². The lowest BCUT2D eigenvalue weighted by molar-refractivity contribution is 0.102. The number of methoxy groups -OCH3 is 2. The Bertz CT molecular complexity index is 965. The summed E-state index contributed by atoms with van der Waals surface area (Å²) >= 11 is 1.32. The van der Waals surface area contributed by atoms with E-state index in [-0.39, 0.29) is 18.6 Å². The predicted octanol–water partition coefficient (Wildman–Crippen LogP) is 3.57. The van der Waals surface area contributed by atoms with Crippen molar-refractivity contribution >= 4 is 33.3 Å². The topological polar surface area (TPSA) is 91.2 Å². The number of nitrogens with one attached hydrogen (secondary N) is 1. The summed E-state index contributed by atoms with van der Waals surface area (Å²) in [5, 5.41) is 8.02. The standard InChI is InChI=1S/C18H23N5O3S/c1-6-10(2)23-13(7-8-19-23)22-16(24)15-11(3)14-17(26-5)20-12(9-25-4)21-18(14)27-15/h7-8,10H,6,9H2,1-5H3,(H,22,24). The molecule has 0 spiro atoms. The summed E-state index contributed by atoms with van der Waals surface area (Å²) in [6.45, 7) is 6.29. The van der Waals surface area contributed by atoms with Crippen molar-refractivity contribution in [3.8, 4) is 5.88 Å². The van der Waals surface area contributed by atoms with Crippen LogP contribution in [0.4, 0.5) is 5.82 Å². The van der Waals surface area contributed by atoms with E-state index in [4.69, 9.17) is 9.47 Å². The molecule has 0 saturated heterocycles. The zero-order valence-corrected chi connectivity index (χ0v) is 16.9. The van der Waals surface area contributed by atoms with E-state index in [0.29, 0.717) is 27.2 Å². The molecule has 3 aromatic heterocycles. The second kappa shape index (κ2) is 8.01. The van der Waals surface area contributed by atoms with Crippen LogP contribution >= 0.6 is 11.3 Å². The number of aromatic nitrogens is 4. The Labute approximate surface area is 161 Å². The van der Waals surface area contributed by atoms with Gasteiger partial charge in [-0.25, -0.2) is 9.67 Å². The summed E-state index contributed by atoms with van der Waals surface area (Å²) in [4.78, 5) is 23.1. The second-order valence-electron chi connectivity index (χ2n) is 6.19. The van der Waals surface area contributed by atoms with Crippen molar-refractivity contribution in [3.05, 3.63) is 28.5 Å². The summed E-state index contributed by atoms with van der Waals surface area (Å²) in [6.07, 6.45) is 2.60. The Morgan fingerprint density at radius 1 is 1.37 bits per heavy atom. The fourth-order valence-corrected chi connectivity index (χ4v) is 3.90. The molecule has 1 N–H and O–H groups in total. The van der Waals surface area contributed by atoms with E-state index in [0.717, 1.165) is 17.4 Å². The number of nitrogens with zero attached hydrogens (tertiary/aromatic N) is 4. The molecular weight excluding hydrogens is 366 g/mol. The lowest BCUT2D eigenvalue weighted by Gasteiger charge is -2.14. The molecule has 0 aromatic carbocycles. The van der Waals surface area contributed by atoms with Crippen molar-refractivity contribution in [1.82, 2.24) is 19.7 Å². The van der Waals surface area contributed by atoms with E-state index in [1.165, 1.54) is 11.3 Å². The van der Waals surface area contributed by atoms with Crippen LogP contribution < -0.4 is 10.1 Å². The molecule has 3 rings (SSSR count). The summed E-state index contributed by atoms with van der Waals surface area (Å²) in [5.74, 6) is 1.44. The molecule has 0 aliphatic carbocycles. The SMILES string of the molecule is CCC(C)n1nccc1NC(=O)c1sc2nc(COC)nc(OC)c2c1C. The average molecular weight is 389 g/mol. The minimum Gasteiger partial charge on any atom is -0.480 e. The maximum Gasteiger partial charge on any atom is 0.267 e. The smallest absolute Gasteiger partial charge is 0.267 e. The van der Waals surface area contributed by atoms with Gasteiger partial charge in [-0.05, 0) is 25.8 Å². The number of ether oxygens (including phenoxy) is 2. The fraction of sp³-hybridized carbons (Fsp3) is 0.444. The van der Waals surface area contributed by atoms with Crippen LogP contribution in [0.3, 0.4) is 0 Å². The van der Waals surface area contributed by atoms with E-state index in [2.05, 4.69) is 34.2 Å². The molecule has 9 heteroatoms. The summed E-state index contributed by atoms with van der Waals surface area (Å²) in [5.41, 5.74) is 0.794. The Morgan fingerprint density at radius 2 is 2.15 bits per heavy atom. The number of anilines is 1. The van der Waals surface area contributed by atoms with Crippen molar-refractivity contribution in [1.29, 1.82) is 0 Å². The van der Waals surface area contributed by atoms with E-state index >= 15 is 0 Å². The van der Waals surface area contributed by atoms with Gasteiger partial charge in [-0.15, -0.1) is 11.3 Å². The van der Waals surface area contributed by atoms with Crippen LogP contribution in [0.25, 0.3) is 10.2 Å². The molecule has 27 heavy (non-hydrogen) atoms. The second-order valence-corrected chi connectivity index (χ2v) is 7.19. The molecule has 0 radical (unpaired) electrons. The molecule has 1 atom stereocenters. The molecular formula is C18H23N5O3S. The van der Waals surface area contributed by atoms with Crippen molar-refractivity contribution in [2.24, 2.45) is 0 Å². The first kappa shape index (κ1) is 19.2. The third-order valence-corrected chi connectivity index (χ3v) is 5.58. The Hall–Kier alpha value is -2.52. The van der Waals surface area contributed by atoms with Gasteiger partial charge in [-0.3, -0.25) is 4.79 Å². The number of rotatable bonds is 7. The van der Waals surface area contributed by atoms with Gasteiger partial charge >= 0.3 is 0 Å². The van der Waals surface area contributed by atoms with E-state index < -0.39 is 0 Å². The highest BCUT2D eigenvalue weighted by molar-refractivity contribution is 7.20. The van der Waals surface area contributed by atoms with Crippen LogP contribution in [-0.4, -0.2) is 39.9 Å². The minimum atomic E-state index is -0.198. The molecule has 0 aliphatic rings. The highest BCUT2D eigenvalue weighted by atomic mass is 32.1. The molecule has 0 saturated carbocycles. The van der Waals surface area contributed by atoms with Crippen molar-refractivity contribution < 1.29 is 14.3 Å². The predicted molar refractivity (Wildman–Crippen MR) is 105 cm³/mol. The van der Waals surface area contributed by atoms with Crippen LogP contribution in [-0.2, 0) is 11.3 Å². The molecule has 3 heterocycles. The summed E-state index contributed by atoms with van der Waals surface area (Å²) in [7, 11) is 3.14. The third-order valence-electron chi connectivity index (χ3n) is 4.40. The molecule has 1 unspecified atom stereocenters. The van der Waals surface area contributed by atoms with Gasteiger partial charge < -0.3 is 14.8 Å². The molecule has 1 amide bonds. The first-order chi connectivity index (χ1) is 13.0. The molecule has 0 aliphatic heterocycles.